The van der Waals surface area contributed by atoms with Crippen LogP contribution in [0.5, 0.6) is 0 Å². The third-order valence-electron chi connectivity index (χ3n) is 3.33. The Kier molecular flexibility index (Phi) is 5.71. The molecule has 1 atom stereocenters. The summed E-state index contributed by atoms with van der Waals surface area (Å²) in [6.45, 7) is 6.11. The van der Waals surface area contributed by atoms with Crippen LogP contribution in [0.15, 0.2) is 22.7 Å². The Morgan fingerprint density at radius 1 is 1.42 bits per heavy atom. The fourth-order valence-electron chi connectivity index (χ4n) is 2.22. The van der Waals surface area contributed by atoms with Crippen molar-refractivity contribution >= 4 is 39.3 Å². The van der Waals surface area contributed by atoms with Crippen molar-refractivity contribution in [1.82, 2.24) is 4.90 Å². The molecule has 24 heavy (non-hydrogen) atoms. The van der Waals surface area contributed by atoms with E-state index in [1.54, 1.807) is 39.0 Å². The van der Waals surface area contributed by atoms with Gasteiger partial charge in [-0.25, -0.2) is 4.79 Å². The summed E-state index contributed by atoms with van der Waals surface area (Å²) in [6.07, 6.45) is -0.533. The van der Waals surface area contributed by atoms with Gasteiger partial charge >= 0.3 is 6.09 Å². The Hall–Kier alpha value is -1.80. The first-order valence-electron chi connectivity index (χ1n) is 7.60. The zero-order chi connectivity index (χ0) is 17.9. The van der Waals surface area contributed by atoms with Gasteiger partial charge in [0.25, 0.3) is 0 Å². The van der Waals surface area contributed by atoms with Crippen LogP contribution in [0.4, 0.5) is 16.2 Å². The van der Waals surface area contributed by atoms with Crippen LogP contribution in [0.3, 0.4) is 0 Å². The van der Waals surface area contributed by atoms with Crippen molar-refractivity contribution in [2.45, 2.75) is 32.4 Å². The molecular weight excluding hydrogens is 378 g/mol. The molecule has 1 aliphatic rings. The zero-order valence-corrected chi connectivity index (χ0v) is 15.6. The topological polar surface area (TPSA) is 93.9 Å². The Bertz CT molecular complexity index is 630. The molecule has 0 saturated carbocycles. The maximum absolute atomic E-state index is 12.6. The Balaban J connectivity index is 2.11. The number of ether oxygens (including phenoxy) is 2. The summed E-state index contributed by atoms with van der Waals surface area (Å²) in [5.41, 5.74) is 6.18. The molecule has 1 saturated heterocycles. The second-order valence-corrected chi connectivity index (χ2v) is 7.40. The number of carbonyl (C=O) groups is 2. The molecule has 7 nitrogen and oxygen atoms in total. The number of nitrogens with two attached hydrogens (primary N) is 1. The van der Waals surface area contributed by atoms with Gasteiger partial charge in [0.2, 0.25) is 5.91 Å². The predicted octanol–water partition coefficient (Wildman–Crippen LogP) is 2.61. The van der Waals surface area contributed by atoms with Gasteiger partial charge in [0.1, 0.15) is 11.6 Å². The number of nitrogens with one attached hydrogen (secondary N) is 1. The van der Waals surface area contributed by atoms with Crippen molar-refractivity contribution in [3.05, 3.63) is 22.7 Å². The lowest BCUT2D eigenvalue weighted by molar-refractivity contribution is -0.127. The summed E-state index contributed by atoms with van der Waals surface area (Å²) in [4.78, 5) is 26.3. The first-order chi connectivity index (χ1) is 11.2. The van der Waals surface area contributed by atoms with E-state index in [0.29, 0.717) is 24.5 Å². The van der Waals surface area contributed by atoms with E-state index < -0.39 is 17.7 Å². The van der Waals surface area contributed by atoms with Gasteiger partial charge in [-0.3, -0.25) is 9.69 Å². The summed E-state index contributed by atoms with van der Waals surface area (Å²) in [6, 6.07) is 4.39. The average Bonchev–Trinajstić information content (AvgIpc) is 2.48. The highest BCUT2D eigenvalue weighted by Crippen LogP contribution is 2.24. The third-order valence-corrected chi connectivity index (χ3v) is 3.82. The van der Waals surface area contributed by atoms with E-state index in [1.165, 1.54) is 4.90 Å². The maximum atomic E-state index is 12.6. The molecule has 0 aromatic heterocycles. The summed E-state index contributed by atoms with van der Waals surface area (Å²) in [5.74, 6) is -0.366. The molecule has 0 spiro atoms. The Labute approximate surface area is 149 Å². The van der Waals surface area contributed by atoms with Crippen LogP contribution in [0.2, 0.25) is 0 Å². The fourth-order valence-corrected chi connectivity index (χ4v) is 2.60. The number of carbonyl (C=O) groups excluding carboxylic acids is 2. The lowest BCUT2D eigenvalue weighted by Crippen LogP contribution is -2.55. The second-order valence-electron chi connectivity index (χ2n) is 6.49. The van der Waals surface area contributed by atoms with Gasteiger partial charge < -0.3 is 20.5 Å². The van der Waals surface area contributed by atoms with Gasteiger partial charge in [-0.2, -0.15) is 0 Å². The monoisotopic (exact) mass is 399 g/mol. The lowest BCUT2D eigenvalue weighted by atomic mass is 10.2. The summed E-state index contributed by atoms with van der Waals surface area (Å²) in [7, 11) is 0. The van der Waals surface area contributed by atoms with E-state index in [2.05, 4.69) is 21.2 Å². The number of halogens is 1. The predicted molar refractivity (Wildman–Crippen MR) is 94.7 cm³/mol. The van der Waals surface area contributed by atoms with E-state index in [9.17, 15) is 9.59 Å². The van der Waals surface area contributed by atoms with E-state index in [0.717, 1.165) is 4.47 Å². The van der Waals surface area contributed by atoms with Crippen molar-refractivity contribution in [3.63, 3.8) is 0 Å². The molecule has 1 fully saturated rings. The summed E-state index contributed by atoms with van der Waals surface area (Å²) in [5, 5.41) is 2.74. The van der Waals surface area contributed by atoms with Crippen LogP contribution in [-0.2, 0) is 14.3 Å². The molecule has 0 radical (unpaired) electrons. The van der Waals surface area contributed by atoms with Gasteiger partial charge in [0, 0.05) is 11.0 Å². The smallest absolute Gasteiger partial charge is 0.411 e. The van der Waals surface area contributed by atoms with Gasteiger partial charge in [-0.05, 0) is 39.0 Å². The molecule has 2 rings (SSSR count). The second kappa shape index (κ2) is 7.40. The normalized spacial score (nSPS) is 18.2. The highest BCUT2D eigenvalue weighted by atomic mass is 79.9. The van der Waals surface area contributed by atoms with Crippen LogP contribution in [0, 0.1) is 0 Å². The molecule has 3 N–H and O–H groups in total. The molecule has 0 unspecified atom stereocenters. The van der Waals surface area contributed by atoms with Gasteiger partial charge in [-0.15, -0.1) is 0 Å². The van der Waals surface area contributed by atoms with Crippen molar-refractivity contribution in [2.24, 2.45) is 0 Å². The van der Waals surface area contributed by atoms with Crippen molar-refractivity contribution in [2.75, 3.05) is 30.8 Å². The van der Waals surface area contributed by atoms with E-state index >= 15 is 0 Å². The molecule has 0 aliphatic carbocycles. The first-order valence-corrected chi connectivity index (χ1v) is 8.40. The standard InChI is InChI=1S/C16H22BrN3O4/c1-16(2,3)24-15(22)20-6-7-23-9-13(20)14(21)19-12-5-4-10(17)8-11(12)18/h4-5,8,13H,6-7,9,18H2,1-3H3,(H,19,21)/t13-/m0/s1. The molecule has 1 aromatic carbocycles. The third kappa shape index (κ3) is 4.85. The molecule has 1 aliphatic heterocycles. The fraction of sp³-hybridized carbons (Fsp3) is 0.500. The van der Waals surface area contributed by atoms with Crippen molar-refractivity contribution < 1.29 is 19.1 Å². The highest BCUT2D eigenvalue weighted by Gasteiger charge is 2.35. The maximum Gasteiger partial charge on any atom is 0.411 e. The number of nitrogen functional groups attached to an aromatic ring is 1. The largest absolute Gasteiger partial charge is 0.444 e. The number of morpholine rings is 1. The molecule has 8 heteroatoms. The van der Waals surface area contributed by atoms with E-state index in [-0.39, 0.29) is 12.5 Å². The van der Waals surface area contributed by atoms with E-state index in [4.69, 9.17) is 15.2 Å². The Morgan fingerprint density at radius 2 is 2.12 bits per heavy atom. The van der Waals surface area contributed by atoms with Crippen LogP contribution in [0.1, 0.15) is 20.8 Å². The molecule has 1 heterocycles. The molecule has 0 bridgehead atoms. The number of nitrogens with zero attached hydrogens (tertiary/aromatic N) is 1. The number of benzene rings is 1. The first kappa shape index (κ1) is 18.5. The molecule has 1 aromatic rings. The minimum Gasteiger partial charge on any atom is -0.444 e. The molecule has 132 valence electrons. The van der Waals surface area contributed by atoms with E-state index in [1.807, 2.05) is 0 Å². The SMILES string of the molecule is CC(C)(C)OC(=O)N1CCOC[C@H]1C(=O)Nc1ccc(Br)cc1N. The summed E-state index contributed by atoms with van der Waals surface area (Å²) < 4.78 is 11.5. The minimum absolute atomic E-state index is 0.113. The number of hydrogen-bond acceptors (Lipinski definition) is 5. The highest BCUT2D eigenvalue weighted by molar-refractivity contribution is 9.10. The summed E-state index contributed by atoms with van der Waals surface area (Å²) >= 11 is 3.31. The van der Waals surface area contributed by atoms with Gasteiger partial charge in [0.15, 0.2) is 0 Å². The van der Waals surface area contributed by atoms with Gasteiger partial charge in [-0.1, -0.05) is 15.9 Å². The number of anilines is 2. The lowest BCUT2D eigenvalue weighted by Gasteiger charge is -2.35. The molecular formula is C16H22BrN3O4. The average molecular weight is 400 g/mol. The minimum atomic E-state index is -0.767. The van der Waals surface area contributed by atoms with Gasteiger partial charge in [0.05, 0.1) is 24.6 Å². The Morgan fingerprint density at radius 3 is 2.75 bits per heavy atom. The zero-order valence-electron chi connectivity index (χ0n) is 14.0. The molecule has 2 amide bonds. The van der Waals surface area contributed by atoms with Crippen molar-refractivity contribution in [1.29, 1.82) is 0 Å². The number of hydrogen-bond donors (Lipinski definition) is 2. The number of amides is 2. The van der Waals surface area contributed by atoms with Crippen LogP contribution in [-0.4, -0.2) is 48.3 Å². The van der Waals surface area contributed by atoms with Crippen LogP contribution < -0.4 is 11.1 Å². The number of rotatable bonds is 2. The quantitative estimate of drug-likeness (QED) is 0.745. The van der Waals surface area contributed by atoms with Crippen LogP contribution in [0.25, 0.3) is 0 Å². The van der Waals surface area contributed by atoms with Crippen molar-refractivity contribution in [3.8, 4) is 0 Å². The van der Waals surface area contributed by atoms with Crippen LogP contribution >= 0.6 is 15.9 Å².